The Morgan fingerprint density at radius 2 is 2.43 bits per heavy atom. The van der Waals surface area contributed by atoms with Crippen LogP contribution in [0.2, 0.25) is 0 Å². The van der Waals surface area contributed by atoms with E-state index in [1.165, 1.54) is 12.8 Å². The number of nitrogens with zero attached hydrogens (tertiary/aromatic N) is 2. The molecular formula is C8H13N5O. The maximum atomic E-state index is 11.4. The molecule has 6 heteroatoms. The van der Waals surface area contributed by atoms with Crippen LogP contribution >= 0.6 is 0 Å². The molecule has 0 aromatic carbocycles. The fourth-order valence-corrected chi connectivity index (χ4v) is 1.14. The van der Waals surface area contributed by atoms with Crippen molar-refractivity contribution in [1.82, 2.24) is 20.5 Å². The maximum absolute atomic E-state index is 11.4. The van der Waals surface area contributed by atoms with E-state index in [4.69, 9.17) is 5.73 Å². The third kappa shape index (κ3) is 1.84. The van der Waals surface area contributed by atoms with Gasteiger partial charge in [-0.05, 0) is 18.3 Å². The number of nitrogens with two attached hydrogens (primary N) is 1. The molecule has 0 spiro atoms. The number of H-pyrrole nitrogens is 1. The molecule has 1 aromatic heterocycles. The van der Waals surface area contributed by atoms with Gasteiger partial charge in [-0.15, -0.1) is 5.10 Å². The second-order valence-electron chi connectivity index (χ2n) is 4.04. The molecular weight excluding hydrogens is 182 g/mol. The average Bonchev–Trinajstić information content (AvgIpc) is 2.71. The molecule has 1 amide bonds. The normalized spacial score (nSPS) is 17.8. The van der Waals surface area contributed by atoms with Gasteiger partial charge in [0.2, 0.25) is 11.8 Å². The van der Waals surface area contributed by atoms with E-state index in [0.29, 0.717) is 12.0 Å². The van der Waals surface area contributed by atoms with Gasteiger partial charge in [-0.3, -0.25) is 9.89 Å². The van der Waals surface area contributed by atoms with Crippen LogP contribution in [0.25, 0.3) is 0 Å². The van der Waals surface area contributed by atoms with Gasteiger partial charge in [-0.1, -0.05) is 6.92 Å². The zero-order valence-corrected chi connectivity index (χ0v) is 8.00. The van der Waals surface area contributed by atoms with Gasteiger partial charge in [0.15, 0.2) is 0 Å². The van der Waals surface area contributed by atoms with E-state index in [1.54, 1.807) is 0 Å². The SMILES string of the molecule is CC1(CNC(=O)c2nc(N)n[nH]2)CC1. The van der Waals surface area contributed by atoms with E-state index in [1.807, 2.05) is 0 Å². The number of nitrogens with one attached hydrogen (secondary N) is 2. The smallest absolute Gasteiger partial charge is 0.288 e. The Bertz CT molecular complexity index is 354. The molecule has 1 aliphatic rings. The van der Waals surface area contributed by atoms with Crippen molar-refractivity contribution in [2.45, 2.75) is 19.8 Å². The minimum absolute atomic E-state index is 0.0905. The number of amides is 1. The van der Waals surface area contributed by atoms with E-state index in [2.05, 4.69) is 27.4 Å². The highest BCUT2D eigenvalue weighted by Gasteiger charge is 2.37. The molecule has 14 heavy (non-hydrogen) atoms. The lowest BCUT2D eigenvalue weighted by molar-refractivity contribution is 0.0936. The first kappa shape index (κ1) is 8.98. The quantitative estimate of drug-likeness (QED) is 0.628. The molecule has 0 unspecified atom stereocenters. The van der Waals surface area contributed by atoms with Gasteiger partial charge >= 0.3 is 0 Å². The number of carbonyl (C=O) groups excluding carboxylic acids is 1. The van der Waals surface area contributed by atoms with E-state index in [0.717, 1.165) is 0 Å². The van der Waals surface area contributed by atoms with Crippen LogP contribution in [0.1, 0.15) is 30.4 Å². The third-order valence-electron chi connectivity index (χ3n) is 2.50. The highest BCUT2D eigenvalue weighted by molar-refractivity contribution is 5.90. The Morgan fingerprint density at radius 3 is 2.93 bits per heavy atom. The zero-order chi connectivity index (χ0) is 10.2. The lowest BCUT2D eigenvalue weighted by Crippen LogP contribution is -2.29. The lowest BCUT2D eigenvalue weighted by atomic mass is 10.1. The first-order chi connectivity index (χ1) is 6.59. The Morgan fingerprint density at radius 1 is 1.71 bits per heavy atom. The van der Waals surface area contributed by atoms with Crippen LogP contribution < -0.4 is 11.1 Å². The number of aromatic amines is 1. The summed E-state index contributed by atoms with van der Waals surface area (Å²) < 4.78 is 0. The topological polar surface area (TPSA) is 96.7 Å². The highest BCUT2D eigenvalue weighted by atomic mass is 16.2. The first-order valence-electron chi connectivity index (χ1n) is 4.55. The van der Waals surface area contributed by atoms with Gasteiger partial charge in [0, 0.05) is 6.54 Å². The summed E-state index contributed by atoms with van der Waals surface area (Å²) in [5, 5.41) is 8.83. The molecule has 0 saturated heterocycles. The Kier molecular flexibility index (Phi) is 1.90. The monoisotopic (exact) mass is 195 g/mol. The van der Waals surface area contributed by atoms with Crippen molar-refractivity contribution in [2.75, 3.05) is 12.3 Å². The van der Waals surface area contributed by atoms with Crippen LogP contribution in [0.3, 0.4) is 0 Å². The summed E-state index contributed by atoms with van der Waals surface area (Å²) in [7, 11) is 0. The van der Waals surface area contributed by atoms with Crippen molar-refractivity contribution in [3.8, 4) is 0 Å². The second-order valence-corrected chi connectivity index (χ2v) is 4.04. The first-order valence-corrected chi connectivity index (χ1v) is 4.55. The molecule has 0 aliphatic heterocycles. The van der Waals surface area contributed by atoms with Gasteiger partial charge in [-0.2, -0.15) is 4.98 Å². The number of carbonyl (C=O) groups is 1. The van der Waals surface area contributed by atoms with Crippen LogP contribution in [-0.2, 0) is 0 Å². The predicted molar refractivity (Wildman–Crippen MR) is 50.5 cm³/mol. The summed E-state index contributed by atoms with van der Waals surface area (Å²) in [5.74, 6) is 0.0156. The van der Waals surface area contributed by atoms with Crippen LogP contribution in [-0.4, -0.2) is 27.6 Å². The molecule has 0 radical (unpaired) electrons. The van der Waals surface area contributed by atoms with Gasteiger partial charge in [0.1, 0.15) is 0 Å². The molecule has 2 rings (SSSR count). The number of aromatic nitrogens is 3. The molecule has 1 fully saturated rings. The largest absolute Gasteiger partial charge is 0.366 e. The van der Waals surface area contributed by atoms with Crippen LogP contribution in [0.4, 0.5) is 5.95 Å². The van der Waals surface area contributed by atoms with Crippen LogP contribution in [0.15, 0.2) is 0 Å². The van der Waals surface area contributed by atoms with Gasteiger partial charge in [-0.25, -0.2) is 0 Å². The molecule has 1 aromatic rings. The number of hydrogen-bond acceptors (Lipinski definition) is 4. The molecule has 1 saturated carbocycles. The summed E-state index contributed by atoms with van der Waals surface area (Å²) in [6, 6.07) is 0. The van der Waals surface area contributed by atoms with Gasteiger partial charge in [0.05, 0.1) is 0 Å². The fraction of sp³-hybridized carbons (Fsp3) is 0.625. The minimum Gasteiger partial charge on any atom is -0.366 e. The molecule has 1 aliphatic carbocycles. The van der Waals surface area contributed by atoms with E-state index < -0.39 is 0 Å². The summed E-state index contributed by atoms with van der Waals surface area (Å²) in [5.41, 5.74) is 5.57. The van der Waals surface area contributed by atoms with Crippen molar-refractivity contribution in [3.63, 3.8) is 0 Å². The van der Waals surface area contributed by atoms with E-state index >= 15 is 0 Å². The molecule has 76 valence electrons. The standard InChI is InChI=1S/C8H13N5O/c1-8(2-3-8)4-10-6(14)5-11-7(9)13-12-5/h2-4H2,1H3,(H,10,14)(H3,9,11,12,13). The second kappa shape index (κ2) is 2.97. The van der Waals surface area contributed by atoms with Crippen molar-refractivity contribution in [3.05, 3.63) is 5.82 Å². The zero-order valence-electron chi connectivity index (χ0n) is 8.00. The Hall–Kier alpha value is -1.59. The van der Waals surface area contributed by atoms with E-state index in [9.17, 15) is 4.79 Å². The Balaban J connectivity index is 1.89. The lowest BCUT2D eigenvalue weighted by Gasteiger charge is -2.07. The number of hydrogen-bond donors (Lipinski definition) is 3. The van der Waals surface area contributed by atoms with Crippen molar-refractivity contribution in [1.29, 1.82) is 0 Å². The van der Waals surface area contributed by atoms with Gasteiger partial charge < -0.3 is 11.1 Å². The predicted octanol–water partition coefficient (Wildman–Crippen LogP) is -0.0832. The maximum Gasteiger partial charge on any atom is 0.288 e. The molecule has 0 atom stereocenters. The molecule has 6 nitrogen and oxygen atoms in total. The van der Waals surface area contributed by atoms with Gasteiger partial charge in [0.25, 0.3) is 5.91 Å². The number of nitrogen functional groups attached to an aromatic ring is 1. The average molecular weight is 195 g/mol. The van der Waals surface area contributed by atoms with Crippen LogP contribution in [0, 0.1) is 5.41 Å². The van der Waals surface area contributed by atoms with Crippen LogP contribution in [0.5, 0.6) is 0 Å². The fourth-order valence-electron chi connectivity index (χ4n) is 1.14. The summed E-state index contributed by atoms with van der Waals surface area (Å²) in [6.45, 7) is 2.83. The summed E-state index contributed by atoms with van der Waals surface area (Å²) in [4.78, 5) is 15.2. The van der Waals surface area contributed by atoms with Crippen molar-refractivity contribution < 1.29 is 4.79 Å². The Labute approximate surface area is 81.3 Å². The minimum atomic E-state index is -0.248. The number of rotatable bonds is 3. The molecule has 1 heterocycles. The van der Waals surface area contributed by atoms with Crippen molar-refractivity contribution >= 4 is 11.9 Å². The highest BCUT2D eigenvalue weighted by Crippen LogP contribution is 2.43. The molecule has 4 N–H and O–H groups in total. The molecule has 0 bridgehead atoms. The number of anilines is 1. The summed E-state index contributed by atoms with van der Waals surface area (Å²) in [6.07, 6.45) is 2.34. The van der Waals surface area contributed by atoms with Crippen molar-refractivity contribution in [2.24, 2.45) is 5.41 Å². The van der Waals surface area contributed by atoms with E-state index in [-0.39, 0.29) is 17.7 Å². The third-order valence-corrected chi connectivity index (χ3v) is 2.50. The summed E-state index contributed by atoms with van der Waals surface area (Å²) >= 11 is 0.